The van der Waals surface area contributed by atoms with Gasteiger partial charge in [0, 0.05) is 42.9 Å². The van der Waals surface area contributed by atoms with Gasteiger partial charge in [-0.1, -0.05) is 0 Å². The Balaban J connectivity index is 0.000000493. The molecule has 11 nitrogen and oxygen atoms in total. The quantitative estimate of drug-likeness (QED) is 0.347. The second-order valence-corrected chi connectivity index (χ2v) is 10.4. The van der Waals surface area contributed by atoms with Crippen LogP contribution in [0.5, 0.6) is 5.75 Å². The molecule has 0 radical (unpaired) electrons. The number of carboxylic acids is 1. The van der Waals surface area contributed by atoms with Crippen molar-refractivity contribution in [2.75, 3.05) is 35.6 Å². The van der Waals surface area contributed by atoms with E-state index in [1.165, 1.54) is 6.26 Å². The predicted octanol–water partition coefficient (Wildman–Crippen LogP) is 4.09. The number of carbonyl (C=O) groups excluding carboxylic acids is 1. The van der Waals surface area contributed by atoms with Gasteiger partial charge in [0.2, 0.25) is 5.89 Å². The van der Waals surface area contributed by atoms with Crippen LogP contribution in [-0.4, -0.2) is 58.4 Å². The molecule has 220 valence electrons. The summed E-state index contributed by atoms with van der Waals surface area (Å²) in [7, 11) is 0. The predicted molar refractivity (Wildman–Crippen MR) is 145 cm³/mol. The number of nitrogens with two attached hydrogens (primary N) is 2. The largest absolute Gasteiger partial charge is 0.490 e. The fourth-order valence-electron chi connectivity index (χ4n) is 4.69. The first-order valence-electron chi connectivity index (χ1n) is 12.9. The van der Waals surface area contributed by atoms with E-state index >= 15 is 0 Å². The first-order valence-corrected chi connectivity index (χ1v) is 12.9. The van der Waals surface area contributed by atoms with E-state index in [1.54, 1.807) is 18.3 Å². The summed E-state index contributed by atoms with van der Waals surface area (Å²) in [4.78, 5) is 32.7. The highest BCUT2D eigenvalue weighted by Crippen LogP contribution is 2.42. The van der Waals surface area contributed by atoms with Crippen molar-refractivity contribution in [2.24, 2.45) is 11.7 Å². The van der Waals surface area contributed by atoms with E-state index in [-0.39, 0.29) is 17.2 Å². The van der Waals surface area contributed by atoms with Gasteiger partial charge in [-0.05, 0) is 57.4 Å². The van der Waals surface area contributed by atoms with Crippen LogP contribution >= 0.6 is 0 Å². The van der Waals surface area contributed by atoms with Crippen molar-refractivity contribution >= 4 is 29.1 Å². The number of aliphatic carboxylic acids is 1. The van der Waals surface area contributed by atoms with E-state index in [4.69, 9.17) is 30.5 Å². The summed E-state index contributed by atoms with van der Waals surface area (Å²) in [5.74, 6) is -1.02. The number of pyridine rings is 1. The number of fused-ring (bicyclic) bond motifs is 1. The molecule has 3 aromatic rings. The monoisotopic (exact) mass is 576 g/mol. The normalized spacial score (nSPS) is 16.3. The van der Waals surface area contributed by atoms with Gasteiger partial charge in [-0.3, -0.25) is 4.79 Å². The van der Waals surface area contributed by atoms with Crippen molar-refractivity contribution in [3.05, 3.63) is 48.0 Å². The molecule has 0 unspecified atom stereocenters. The number of carboxylic acid groups (broad SMARTS) is 1. The number of amides is 1. The highest BCUT2D eigenvalue weighted by Gasteiger charge is 2.38. The van der Waals surface area contributed by atoms with Crippen molar-refractivity contribution in [3.63, 3.8) is 0 Å². The number of rotatable bonds is 5. The Bertz CT molecular complexity index is 1420. The van der Waals surface area contributed by atoms with Gasteiger partial charge < -0.3 is 35.9 Å². The van der Waals surface area contributed by atoms with Gasteiger partial charge >= 0.3 is 12.1 Å². The number of hydrogen-bond acceptors (Lipinski definition) is 9. The molecule has 0 bridgehead atoms. The molecule has 1 saturated heterocycles. The number of alkyl halides is 3. The van der Waals surface area contributed by atoms with E-state index in [2.05, 4.69) is 40.1 Å². The standard InChI is InChI=1S/C25H30N6O3.C2HF3O2/c1-25(2)12-17-9-18(20(11-21(17)34-25)31-7-4-15(13-26)5-8-31)29-23(32)19-14-33-24(30-19)16-3-6-28-22(27)10-16;3-2(4,5)1(6)7/h3,6,9-11,14-15H,4-5,7-8,12-13,26H2,1-2H3,(H2,27,28)(H,29,32);(H,6,7). The number of hydrogen-bond donors (Lipinski definition) is 4. The Morgan fingerprint density at radius 3 is 2.51 bits per heavy atom. The summed E-state index contributed by atoms with van der Waals surface area (Å²) >= 11 is 0. The molecule has 1 aromatic carbocycles. The number of carbonyl (C=O) groups is 2. The molecule has 0 atom stereocenters. The SMILES string of the molecule is CC1(C)Cc2cc(NC(=O)c3coc(-c4ccnc(N)c4)n3)c(N3CCC(CN)CC3)cc2O1.O=C(O)C(F)(F)F. The second-order valence-electron chi connectivity index (χ2n) is 10.4. The van der Waals surface area contributed by atoms with Crippen molar-refractivity contribution < 1.29 is 37.0 Å². The summed E-state index contributed by atoms with van der Waals surface area (Å²) in [6.45, 7) is 6.60. The van der Waals surface area contributed by atoms with E-state index in [0.717, 1.165) is 55.0 Å². The Morgan fingerprint density at radius 1 is 1.22 bits per heavy atom. The molecule has 14 heteroatoms. The lowest BCUT2D eigenvalue weighted by atomic mass is 9.96. The molecular formula is C27H31F3N6O5. The molecule has 0 saturated carbocycles. The average Bonchev–Trinajstić information content (AvgIpc) is 3.51. The maximum absolute atomic E-state index is 13.1. The third-order valence-electron chi connectivity index (χ3n) is 6.73. The smallest absolute Gasteiger partial charge is 0.487 e. The van der Waals surface area contributed by atoms with E-state index in [9.17, 15) is 18.0 Å². The highest BCUT2D eigenvalue weighted by molar-refractivity contribution is 6.05. The molecule has 41 heavy (non-hydrogen) atoms. The zero-order valence-corrected chi connectivity index (χ0v) is 22.5. The molecule has 2 aliphatic heterocycles. The first-order chi connectivity index (χ1) is 19.3. The van der Waals surface area contributed by atoms with Gasteiger partial charge in [-0.25, -0.2) is 14.8 Å². The van der Waals surface area contributed by atoms with Crippen LogP contribution in [0, 0.1) is 5.92 Å². The number of ether oxygens (including phenoxy) is 1. The Kier molecular flexibility index (Phi) is 8.42. The zero-order chi connectivity index (χ0) is 29.9. The van der Waals surface area contributed by atoms with Crippen LogP contribution < -0.4 is 26.4 Å². The lowest BCUT2D eigenvalue weighted by molar-refractivity contribution is -0.192. The van der Waals surface area contributed by atoms with E-state index in [0.29, 0.717) is 29.7 Å². The van der Waals surface area contributed by atoms with Crippen LogP contribution in [0.4, 0.5) is 30.4 Å². The molecule has 5 rings (SSSR count). The third-order valence-corrected chi connectivity index (χ3v) is 6.73. The molecule has 4 heterocycles. The molecule has 0 spiro atoms. The van der Waals surface area contributed by atoms with Crippen LogP contribution in [-0.2, 0) is 11.2 Å². The zero-order valence-electron chi connectivity index (χ0n) is 22.5. The summed E-state index contributed by atoms with van der Waals surface area (Å²) in [6, 6.07) is 7.46. The summed E-state index contributed by atoms with van der Waals surface area (Å²) in [5, 5.41) is 10.2. The second kappa shape index (κ2) is 11.6. The Hall–Kier alpha value is -4.33. The van der Waals surface area contributed by atoms with E-state index in [1.807, 2.05) is 6.07 Å². The highest BCUT2D eigenvalue weighted by atomic mass is 19.4. The molecular weight excluding hydrogens is 545 g/mol. The molecule has 0 aliphatic carbocycles. The number of nitrogen functional groups attached to an aromatic ring is 1. The third kappa shape index (κ3) is 7.25. The Morgan fingerprint density at radius 2 is 1.90 bits per heavy atom. The summed E-state index contributed by atoms with van der Waals surface area (Å²) in [6.07, 6.45) is 0.665. The Labute approximate surface area is 233 Å². The first kappa shape index (κ1) is 29.6. The van der Waals surface area contributed by atoms with Gasteiger partial charge in [0.1, 0.15) is 23.4 Å². The van der Waals surface area contributed by atoms with Crippen molar-refractivity contribution in [1.29, 1.82) is 0 Å². The lowest BCUT2D eigenvalue weighted by Crippen LogP contribution is -2.36. The van der Waals surface area contributed by atoms with E-state index < -0.39 is 12.1 Å². The number of halogens is 3. The number of oxazole rings is 1. The molecule has 2 aliphatic rings. The fourth-order valence-corrected chi connectivity index (χ4v) is 4.69. The molecule has 1 amide bonds. The summed E-state index contributed by atoms with van der Waals surface area (Å²) in [5.41, 5.74) is 15.0. The molecule has 6 N–H and O–H groups in total. The van der Waals surface area contributed by atoms with Crippen LogP contribution in [0.2, 0.25) is 0 Å². The number of aromatic nitrogens is 2. The maximum Gasteiger partial charge on any atom is 0.490 e. The fraction of sp³-hybridized carbons (Fsp3) is 0.407. The number of benzene rings is 1. The van der Waals surface area contributed by atoms with Crippen LogP contribution in [0.15, 0.2) is 41.1 Å². The minimum Gasteiger partial charge on any atom is -0.487 e. The maximum atomic E-state index is 13.1. The minimum absolute atomic E-state index is 0.190. The van der Waals surface area contributed by atoms with Crippen LogP contribution in [0.3, 0.4) is 0 Å². The van der Waals surface area contributed by atoms with Crippen molar-refractivity contribution in [2.45, 2.75) is 44.9 Å². The number of piperidine rings is 1. The van der Waals surface area contributed by atoms with Gasteiger partial charge in [-0.2, -0.15) is 13.2 Å². The molecule has 1 fully saturated rings. The minimum atomic E-state index is -5.08. The van der Waals surface area contributed by atoms with Crippen LogP contribution in [0.25, 0.3) is 11.5 Å². The van der Waals surface area contributed by atoms with Crippen molar-refractivity contribution in [1.82, 2.24) is 9.97 Å². The number of nitrogens with one attached hydrogen (secondary N) is 1. The average molecular weight is 577 g/mol. The van der Waals surface area contributed by atoms with Gasteiger partial charge in [0.15, 0.2) is 5.69 Å². The van der Waals surface area contributed by atoms with Gasteiger partial charge in [0.05, 0.1) is 11.4 Å². The van der Waals surface area contributed by atoms with Gasteiger partial charge in [-0.15, -0.1) is 0 Å². The number of anilines is 3. The molecule has 2 aromatic heterocycles. The van der Waals surface area contributed by atoms with Crippen molar-refractivity contribution in [3.8, 4) is 17.2 Å². The summed E-state index contributed by atoms with van der Waals surface area (Å²) < 4.78 is 43.4. The topological polar surface area (TPSA) is 170 Å². The van der Waals surface area contributed by atoms with Crippen LogP contribution in [0.1, 0.15) is 42.7 Å². The number of nitrogens with zero attached hydrogens (tertiary/aromatic N) is 3. The lowest BCUT2D eigenvalue weighted by Gasteiger charge is -2.34. The van der Waals surface area contributed by atoms with Gasteiger partial charge in [0.25, 0.3) is 5.91 Å².